The van der Waals surface area contributed by atoms with E-state index in [4.69, 9.17) is 9.15 Å². The normalized spacial score (nSPS) is 15.5. The van der Waals surface area contributed by atoms with Gasteiger partial charge in [0, 0.05) is 5.39 Å². The van der Waals surface area contributed by atoms with Gasteiger partial charge in [-0.3, -0.25) is 0 Å². The van der Waals surface area contributed by atoms with E-state index >= 15 is 0 Å². The van der Waals surface area contributed by atoms with Gasteiger partial charge in [0.25, 0.3) is 0 Å². The summed E-state index contributed by atoms with van der Waals surface area (Å²) in [6.45, 7) is 4.74. The maximum atomic E-state index is 14.9. The minimum atomic E-state index is -0.612. The van der Waals surface area contributed by atoms with Crippen molar-refractivity contribution in [2.75, 3.05) is 6.61 Å². The van der Waals surface area contributed by atoms with Crippen molar-refractivity contribution in [2.45, 2.75) is 89.9 Å². The molecule has 0 amide bonds. The molecule has 1 saturated carbocycles. The molecular formula is C30H37FO3. The molecule has 4 rings (SSSR count). The van der Waals surface area contributed by atoms with Crippen LogP contribution in [0, 0.1) is 5.82 Å². The predicted molar refractivity (Wildman–Crippen MR) is 137 cm³/mol. The fraction of sp³-hybridized carbons (Fsp3) is 0.500. The van der Waals surface area contributed by atoms with Gasteiger partial charge in [0.15, 0.2) is 11.3 Å². The van der Waals surface area contributed by atoms with Crippen LogP contribution in [0.3, 0.4) is 0 Å². The fourth-order valence-electron chi connectivity index (χ4n) is 5.40. The molecule has 2 aromatic carbocycles. The predicted octanol–water partition coefficient (Wildman–Crippen LogP) is 8.56. The summed E-state index contributed by atoms with van der Waals surface area (Å²) >= 11 is 0. The Morgan fingerprint density at radius 3 is 2.38 bits per heavy atom. The summed E-state index contributed by atoms with van der Waals surface area (Å²) in [5, 5.41) is 0.558. The van der Waals surface area contributed by atoms with Crippen molar-refractivity contribution in [3.05, 3.63) is 64.3 Å². The van der Waals surface area contributed by atoms with Crippen molar-refractivity contribution < 1.29 is 13.5 Å². The first-order valence-corrected chi connectivity index (χ1v) is 13.1. The highest BCUT2D eigenvalue weighted by molar-refractivity contribution is 5.83. The quantitative estimate of drug-likeness (QED) is 0.223. The number of halogens is 1. The van der Waals surface area contributed by atoms with E-state index < -0.39 is 11.4 Å². The first-order chi connectivity index (χ1) is 16.6. The van der Waals surface area contributed by atoms with Crippen molar-refractivity contribution in [3.63, 3.8) is 0 Å². The molecule has 4 heteroatoms. The van der Waals surface area contributed by atoms with Gasteiger partial charge in [0.2, 0.25) is 5.82 Å². The van der Waals surface area contributed by atoms with Gasteiger partial charge in [-0.1, -0.05) is 83.1 Å². The standard InChI is InChI=1S/C30H37FO3/c1-3-5-8-17-30(18-9-7-10-19-30)24-14-11-22(12-15-24)25-21-23-13-16-26(33-20-6-4-2)27(31)28(23)34-29(25)32/h11-16,21H,3-10,17-20H2,1-2H3. The third-order valence-electron chi connectivity index (χ3n) is 7.44. The zero-order chi connectivity index (χ0) is 24.0. The first kappa shape index (κ1) is 24.5. The fourth-order valence-corrected chi connectivity index (χ4v) is 5.40. The Bertz CT molecular complexity index is 1140. The Morgan fingerprint density at radius 1 is 0.941 bits per heavy atom. The number of benzene rings is 2. The van der Waals surface area contributed by atoms with Gasteiger partial charge >= 0.3 is 5.63 Å². The molecule has 1 heterocycles. The van der Waals surface area contributed by atoms with Crippen LogP contribution in [0.1, 0.15) is 90.0 Å². The molecule has 0 unspecified atom stereocenters. The van der Waals surface area contributed by atoms with E-state index in [1.807, 2.05) is 12.1 Å². The molecule has 1 aliphatic rings. The monoisotopic (exact) mass is 464 g/mol. The van der Waals surface area contributed by atoms with E-state index in [1.54, 1.807) is 18.2 Å². The molecule has 0 N–H and O–H groups in total. The lowest BCUT2D eigenvalue weighted by Gasteiger charge is -2.38. The highest BCUT2D eigenvalue weighted by Crippen LogP contribution is 2.44. The van der Waals surface area contributed by atoms with Crippen LogP contribution >= 0.6 is 0 Å². The van der Waals surface area contributed by atoms with Crippen LogP contribution < -0.4 is 10.4 Å². The summed E-state index contributed by atoms with van der Waals surface area (Å²) in [5.41, 5.74) is 2.34. The molecule has 0 saturated heterocycles. The Balaban J connectivity index is 1.62. The summed E-state index contributed by atoms with van der Waals surface area (Å²) < 4.78 is 25.8. The van der Waals surface area contributed by atoms with Gasteiger partial charge in [-0.2, -0.15) is 4.39 Å². The first-order valence-electron chi connectivity index (χ1n) is 13.1. The van der Waals surface area contributed by atoms with Gasteiger partial charge in [0.1, 0.15) is 0 Å². The molecule has 1 aliphatic carbocycles. The summed E-state index contributed by atoms with van der Waals surface area (Å²) in [7, 11) is 0. The number of unbranched alkanes of at least 4 members (excludes halogenated alkanes) is 3. The van der Waals surface area contributed by atoms with E-state index in [0.717, 1.165) is 18.4 Å². The van der Waals surface area contributed by atoms with E-state index in [1.165, 1.54) is 63.4 Å². The summed E-state index contributed by atoms with van der Waals surface area (Å²) in [6, 6.07) is 13.6. The second kappa shape index (κ2) is 11.2. The molecule has 1 aromatic heterocycles. The van der Waals surface area contributed by atoms with E-state index in [2.05, 4.69) is 26.0 Å². The lowest BCUT2D eigenvalue weighted by atomic mass is 9.66. The molecule has 0 atom stereocenters. The smallest absolute Gasteiger partial charge is 0.344 e. The third-order valence-corrected chi connectivity index (χ3v) is 7.44. The molecular weight excluding hydrogens is 427 g/mol. The molecule has 182 valence electrons. The van der Waals surface area contributed by atoms with Crippen LogP contribution in [0.2, 0.25) is 0 Å². The minimum absolute atomic E-state index is 0.0450. The maximum absolute atomic E-state index is 14.9. The highest BCUT2D eigenvalue weighted by Gasteiger charge is 2.33. The molecule has 34 heavy (non-hydrogen) atoms. The molecule has 0 bridgehead atoms. The molecule has 0 spiro atoms. The van der Waals surface area contributed by atoms with Gasteiger partial charge in [-0.15, -0.1) is 0 Å². The molecule has 3 aromatic rings. The Hall–Kier alpha value is -2.62. The number of rotatable bonds is 10. The number of hydrogen-bond donors (Lipinski definition) is 0. The zero-order valence-electron chi connectivity index (χ0n) is 20.6. The molecule has 0 aliphatic heterocycles. The second-order valence-corrected chi connectivity index (χ2v) is 9.82. The van der Waals surface area contributed by atoms with Crippen molar-refractivity contribution in [1.29, 1.82) is 0 Å². The molecule has 3 nitrogen and oxygen atoms in total. The number of ether oxygens (including phenoxy) is 1. The Labute approximate surface area is 202 Å². The van der Waals surface area contributed by atoms with E-state index in [0.29, 0.717) is 17.6 Å². The minimum Gasteiger partial charge on any atom is -0.490 e. The zero-order valence-corrected chi connectivity index (χ0v) is 20.6. The van der Waals surface area contributed by atoms with Gasteiger partial charge in [-0.25, -0.2) is 4.79 Å². The summed E-state index contributed by atoms with van der Waals surface area (Å²) in [5.74, 6) is -0.485. The summed E-state index contributed by atoms with van der Waals surface area (Å²) in [4.78, 5) is 12.8. The number of fused-ring (bicyclic) bond motifs is 1. The van der Waals surface area contributed by atoms with Gasteiger partial charge < -0.3 is 9.15 Å². The van der Waals surface area contributed by atoms with Crippen LogP contribution in [-0.2, 0) is 5.41 Å². The Morgan fingerprint density at radius 2 is 1.68 bits per heavy atom. The van der Waals surface area contributed by atoms with Crippen LogP contribution in [0.15, 0.2) is 51.7 Å². The lowest BCUT2D eigenvalue weighted by Crippen LogP contribution is -2.29. The summed E-state index contributed by atoms with van der Waals surface area (Å²) in [6.07, 6.45) is 13.2. The average molecular weight is 465 g/mol. The maximum Gasteiger partial charge on any atom is 0.344 e. The van der Waals surface area contributed by atoms with Crippen molar-refractivity contribution in [3.8, 4) is 16.9 Å². The second-order valence-electron chi connectivity index (χ2n) is 9.82. The van der Waals surface area contributed by atoms with E-state index in [9.17, 15) is 9.18 Å². The average Bonchev–Trinajstić information content (AvgIpc) is 2.86. The largest absolute Gasteiger partial charge is 0.490 e. The van der Waals surface area contributed by atoms with Gasteiger partial charge in [0.05, 0.1) is 12.2 Å². The Kier molecular flexibility index (Phi) is 8.07. The molecule has 1 fully saturated rings. The van der Waals surface area contributed by atoms with Crippen molar-refractivity contribution in [1.82, 2.24) is 0 Å². The molecule has 0 radical (unpaired) electrons. The number of hydrogen-bond acceptors (Lipinski definition) is 3. The van der Waals surface area contributed by atoms with Crippen LogP contribution in [0.4, 0.5) is 4.39 Å². The van der Waals surface area contributed by atoms with Crippen molar-refractivity contribution in [2.24, 2.45) is 0 Å². The SMILES string of the molecule is CCCCCC1(c2ccc(-c3cc4ccc(OCCCC)c(F)c4oc3=O)cc2)CCCCC1. The van der Waals surface area contributed by atoms with Gasteiger partial charge in [-0.05, 0) is 60.4 Å². The van der Waals surface area contributed by atoms with E-state index in [-0.39, 0.29) is 16.7 Å². The van der Waals surface area contributed by atoms with Crippen LogP contribution in [0.5, 0.6) is 5.75 Å². The third kappa shape index (κ3) is 5.21. The van der Waals surface area contributed by atoms with Crippen molar-refractivity contribution >= 4 is 11.0 Å². The highest BCUT2D eigenvalue weighted by atomic mass is 19.1. The lowest BCUT2D eigenvalue weighted by molar-refractivity contribution is 0.266. The van der Waals surface area contributed by atoms with Crippen LogP contribution in [-0.4, -0.2) is 6.61 Å². The van der Waals surface area contributed by atoms with Crippen LogP contribution in [0.25, 0.3) is 22.1 Å². The topological polar surface area (TPSA) is 39.4 Å².